The van der Waals surface area contributed by atoms with E-state index in [9.17, 15) is 4.79 Å². The van der Waals surface area contributed by atoms with E-state index < -0.39 is 0 Å². The van der Waals surface area contributed by atoms with Gasteiger partial charge in [0.05, 0.1) is 0 Å². The van der Waals surface area contributed by atoms with Gasteiger partial charge in [-0.3, -0.25) is 4.79 Å². The zero-order valence-electron chi connectivity index (χ0n) is 11.0. The topological polar surface area (TPSA) is 20.3 Å². The molecule has 2 heterocycles. The van der Waals surface area contributed by atoms with Gasteiger partial charge in [-0.1, -0.05) is 22.0 Å². The molecule has 0 radical (unpaired) electrons. The second kappa shape index (κ2) is 5.49. The Kier molecular flexibility index (Phi) is 3.90. The lowest BCUT2D eigenvalue weighted by molar-refractivity contribution is 0.0601. The van der Waals surface area contributed by atoms with Crippen LogP contribution in [0.3, 0.4) is 0 Å². The van der Waals surface area contributed by atoms with Crippen molar-refractivity contribution in [1.82, 2.24) is 4.90 Å². The molecule has 2 saturated heterocycles. The fourth-order valence-corrected chi connectivity index (χ4v) is 4.65. The highest BCUT2D eigenvalue weighted by atomic mass is 79.9. The quantitative estimate of drug-likeness (QED) is 0.813. The molecule has 0 spiro atoms. The maximum absolute atomic E-state index is 12.7. The van der Waals surface area contributed by atoms with E-state index in [4.69, 9.17) is 0 Å². The average Bonchev–Trinajstić information content (AvgIpc) is 2.68. The fourth-order valence-electron chi connectivity index (χ4n) is 3.42. The van der Waals surface area contributed by atoms with E-state index in [-0.39, 0.29) is 5.91 Å². The highest BCUT2D eigenvalue weighted by Crippen LogP contribution is 2.40. The van der Waals surface area contributed by atoms with E-state index in [0.717, 1.165) is 28.1 Å². The molecule has 1 unspecified atom stereocenters. The number of hydrogen-bond donors (Lipinski definition) is 0. The Labute approximate surface area is 127 Å². The molecule has 3 atom stereocenters. The van der Waals surface area contributed by atoms with Crippen LogP contribution in [0.15, 0.2) is 28.7 Å². The summed E-state index contributed by atoms with van der Waals surface area (Å²) in [5, 5.41) is 0.740. The van der Waals surface area contributed by atoms with Crippen LogP contribution in [0.5, 0.6) is 0 Å². The van der Waals surface area contributed by atoms with E-state index in [1.54, 1.807) is 0 Å². The first-order valence-corrected chi connectivity index (χ1v) is 8.88. The van der Waals surface area contributed by atoms with Gasteiger partial charge in [0.25, 0.3) is 5.91 Å². The summed E-state index contributed by atoms with van der Waals surface area (Å²) in [6.07, 6.45) is 6.88. The Bertz CT molecular complexity index is 479. The van der Waals surface area contributed by atoms with Crippen LogP contribution in [0, 0.1) is 0 Å². The summed E-state index contributed by atoms with van der Waals surface area (Å²) in [6.45, 7) is 0. The monoisotopic (exact) mass is 339 g/mol. The van der Waals surface area contributed by atoms with Crippen LogP contribution in [0.4, 0.5) is 0 Å². The number of halogens is 1. The van der Waals surface area contributed by atoms with Crippen LogP contribution >= 0.6 is 27.7 Å². The summed E-state index contributed by atoms with van der Waals surface area (Å²) in [4.78, 5) is 14.9. The standard InChI is InChI=1S/C15H18BrNOS/c1-19-14-8-12-5-6-13(9-14)17(12)15(18)10-3-2-4-11(16)7-10/h2-4,7,12-14H,5-6,8-9H2,1H3/t12-,13+,14?. The number of amides is 1. The maximum Gasteiger partial charge on any atom is 0.254 e. The Morgan fingerprint density at radius 1 is 1.32 bits per heavy atom. The molecule has 1 aromatic carbocycles. The number of thioether (sulfide) groups is 1. The molecule has 0 saturated carbocycles. The van der Waals surface area contributed by atoms with Crippen molar-refractivity contribution in [3.8, 4) is 0 Å². The third kappa shape index (κ3) is 2.57. The van der Waals surface area contributed by atoms with E-state index >= 15 is 0 Å². The highest BCUT2D eigenvalue weighted by Gasteiger charge is 2.43. The molecule has 0 aliphatic carbocycles. The lowest BCUT2D eigenvalue weighted by atomic mass is 10.0. The van der Waals surface area contributed by atoms with Crippen molar-refractivity contribution < 1.29 is 4.79 Å². The minimum absolute atomic E-state index is 0.216. The SMILES string of the molecule is CSC1C[C@H]2CC[C@@H](C1)N2C(=O)c1cccc(Br)c1. The Hall–Kier alpha value is -0.480. The minimum atomic E-state index is 0.216. The second-order valence-corrected chi connectivity index (χ2v) is 7.49. The van der Waals surface area contributed by atoms with Gasteiger partial charge in [-0.2, -0.15) is 11.8 Å². The maximum atomic E-state index is 12.7. The Balaban J connectivity index is 1.82. The second-order valence-electron chi connectivity index (χ2n) is 5.44. The molecule has 2 aliphatic heterocycles. The highest BCUT2D eigenvalue weighted by molar-refractivity contribution is 9.10. The van der Waals surface area contributed by atoms with Gasteiger partial charge in [-0.15, -0.1) is 0 Å². The Morgan fingerprint density at radius 2 is 2.00 bits per heavy atom. The summed E-state index contributed by atoms with van der Waals surface area (Å²) >= 11 is 5.41. The van der Waals surface area contributed by atoms with Crippen molar-refractivity contribution in [2.75, 3.05) is 6.26 Å². The van der Waals surface area contributed by atoms with E-state index in [1.165, 1.54) is 12.8 Å². The number of piperidine rings is 1. The van der Waals surface area contributed by atoms with Gasteiger partial charge < -0.3 is 4.90 Å². The van der Waals surface area contributed by atoms with Crippen LogP contribution in [-0.2, 0) is 0 Å². The first kappa shape index (κ1) is 13.5. The Morgan fingerprint density at radius 3 is 2.58 bits per heavy atom. The van der Waals surface area contributed by atoms with Gasteiger partial charge in [-0.25, -0.2) is 0 Å². The summed E-state index contributed by atoms with van der Waals surface area (Å²) in [6, 6.07) is 8.68. The molecule has 2 aliphatic rings. The fraction of sp³-hybridized carbons (Fsp3) is 0.533. The van der Waals surface area contributed by atoms with Crippen molar-refractivity contribution in [3.63, 3.8) is 0 Å². The lowest BCUT2D eigenvalue weighted by Crippen LogP contribution is -2.47. The molecule has 3 rings (SSSR count). The molecule has 2 fully saturated rings. The molecular weight excluding hydrogens is 322 g/mol. The number of benzene rings is 1. The van der Waals surface area contributed by atoms with Gasteiger partial charge in [0.2, 0.25) is 0 Å². The molecule has 19 heavy (non-hydrogen) atoms. The van der Waals surface area contributed by atoms with E-state index in [0.29, 0.717) is 12.1 Å². The molecule has 1 aromatic rings. The van der Waals surface area contributed by atoms with Crippen LogP contribution in [0.1, 0.15) is 36.0 Å². The van der Waals surface area contributed by atoms with E-state index in [2.05, 4.69) is 27.1 Å². The normalized spacial score (nSPS) is 29.6. The van der Waals surface area contributed by atoms with Gasteiger partial charge in [0.15, 0.2) is 0 Å². The summed E-state index contributed by atoms with van der Waals surface area (Å²) < 4.78 is 0.977. The molecular formula is C15H18BrNOS. The van der Waals surface area contributed by atoms with Crippen LogP contribution < -0.4 is 0 Å². The predicted molar refractivity (Wildman–Crippen MR) is 83.7 cm³/mol. The van der Waals surface area contributed by atoms with E-state index in [1.807, 2.05) is 36.0 Å². The minimum Gasteiger partial charge on any atom is -0.333 e. The molecule has 2 bridgehead atoms. The van der Waals surface area contributed by atoms with Crippen molar-refractivity contribution >= 4 is 33.6 Å². The number of carbonyl (C=O) groups is 1. The number of hydrogen-bond acceptors (Lipinski definition) is 2. The first-order chi connectivity index (χ1) is 9.19. The summed E-state index contributed by atoms with van der Waals surface area (Å²) in [5.74, 6) is 0.216. The van der Waals surface area contributed by atoms with Gasteiger partial charge in [0.1, 0.15) is 0 Å². The number of rotatable bonds is 2. The lowest BCUT2D eigenvalue weighted by Gasteiger charge is -2.38. The third-order valence-corrected chi connectivity index (χ3v) is 5.87. The van der Waals surface area contributed by atoms with Crippen LogP contribution in [0.2, 0.25) is 0 Å². The average molecular weight is 340 g/mol. The zero-order chi connectivity index (χ0) is 13.4. The molecule has 0 N–H and O–H groups in total. The predicted octanol–water partition coefficient (Wildman–Crippen LogP) is 3.95. The smallest absolute Gasteiger partial charge is 0.254 e. The first-order valence-electron chi connectivity index (χ1n) is 6.80. The third-order valence-electron chi connectivity index (χ3n) is 4.33. The summed E-state index contributed by atoms with van der Waals surface area (Å²) in [5.41, 5.74) is 0.814. The van der Waals surface area contributed by atoms with Gasteiger partial charge in [-0.05, 0) is 50.1 Å². The van der Waals surface area contributed by atoms with Crippen LogP contribution in [-0.4, -0.2) is 34.4 Å². The summed E-state index contributed by atoms with van der Waals surface area (Å²) in [7, 11) is 0. The molecule has 102 valence electrons. The van der Waals surface area contributed by atoms with Crippen molar-refractivity contribution in [1.29, 1.82) is 0 Å². The number of fused-ring (bicyclic) bond motifs is 2. The van der Waals surface area contributed by atoms with Crippen molar-refractivity contribution in [2.24, 2.45) is 0 Å². The molecule has 0 aromatic heterocycles. The molecule has 2 nitrogen and oxygen atoms in total. The molecule has 1 amide bonds. The number of nitrogens with zero attached hydrogens (tertiary/aromatic N) is 1. The zero-order valence-corrected chi connectivity index (χ0v) is 13.4. The largest absolute Gasteiger partial charge is 0.333 e. The molecule has 4 heteroatoms. The van der Waals surface area contributed by atoms with Crippen molar-refractivity contribution in [2.45, 2.75) is 43.0 Å². The number of carbonyl (C=O) groups excluding carboxylic acids is 1. The van der Waals surface area contributed by atoms with Crippen LogP contribution in [0.25, 0.3) is 0 Å². The van der Waals surface area contributed by atoms with Gasteiger partial charge >= 0.3 is 0 Å². The van der Waals surface area contributed by atoms with Crippen molar-refractivity contribution in [3.05, 3.63) is 34.3 Å². The van der Waals surface area contributed by atoms with Gasteiger partial charge in [0, 0.05) is 27.4 Å².